The van der Waals surface area contributed by atoms with Crippen LogP contribution in [-0.4, -0.2) is 32.8 Å². The molecule has 0 heterocycles. The van der Waals surface area contributed by atoms with Gasteiger partial charge in [-0.3, -0.25) is 4.99 Å². The maximum absolute atomic E-state index is 5.97. The predicted octanol–water partition coefficient (Wildman–Crippen LogP) is 2.82. The third-order valence-corrected chi connectivity index (χ3v) is 3.62. The number of hydrogen-bond donors (Lipinski definition) is 2. The summed E-state index contributed by atoms with van der Waals surface area (Å²) in [5, 5.41) is 7.31. The van der Waals surface area contributed by atoms with E-state index in [1.807, 2.05) is 24.3 Å². The number of benzene rings is 1. The first-order chi connectivity index (χ1) is 10.3. The highest BCUT2D eigenvalue weighted by atomic mass is 35.5. The van der Waals surface area contributed by atoms with Crippen LogP contribution in [0.2, 0.25) is 5.02 Å². The van der Waals surface area contributed by atoms with Gasteiger partial charge in [0.25, 0.3) is 0 Å². The lowest BCUT2D eigenvalue weighted by molar-refractivity contribution is 0.123. The highest BCUT2D eigenvalue weighted by Crippen LogP contribution is 2.28. The molecule has 1 saturated carbocycles. The van der Waals surface area contributed by atoms with E-state index in [0.717, 1.165) is 48.6 Å². The van der Waals surface area contributed by atoms with Crippen molar-refractivity contribution in [3.8, 4) is 0 Å². The molecule has 1 aromatic carbocycles. The van der Waals surface area contributed by atoms with Gasteiger partial charge in [0, 0.05) is 38.4 Å². The van der Waals surface area contributed by atoms with Gasteiger partial charge in [-0.25, -0.2) is 0 Å². The van der Waals surface area contributed by atoms with Crippen LogP contribution in [0.1, 0.15) is 24.8 Å². The molecule has 2 rings (SSSR count). The number of nitrogens with zero attached hydrogens (tertiary/aromatic N) is 1. The van der Waals surface area contributed by atoms with Crippen molar-refractivity contribution in [3.63, 3.8) is 0 Å². The molecule has 21 heavy (non-hydrogen) atoms. The van der Waals surface area contributed by atoms with E-state index in [1.165, 1.54) is 12.8 Å². The Kier molecular flexibility index (Phi) is 6.83. The predicted molar refractivity (Wildman–Crippen MR) is 87.8 cm³/mol. The summed E-state index contributed by atoms with van der Waals surface area (Å²) in [5.41, 5.74) is 1.14. The molecule has 0 unspecified atom stereocenters. The molecule has 0 amide bonds. The standard InChI is InChI=1S/C16H24ClN3O/c1-18-16(19-8-3-9-21-12-13-6-7-13)20-11-14-4-2-5-15(17)10-14/h2,4-5,10,13H,3,6-9,11-12H2,1H3,(H2,18,19,20). The number of rotatable bonds is 8. The lowest BCUT2D eigenvalue weighted by atomic mass is 10.2. The zero-order valence-corrected chi connectivity index (χ0v) is 13.3. The van der Waals surface area contributed by atoms with Gasteiger partial charge < -0.3 is 15.4 Å². The molecule has 1 aliphatic rings. The first-order valence-electron chi connectivity index (χ1n) is 7.54. The molecule has 1 aliphatic carbocycles. The summed E-state index contributed by atoms with van der Waals surface area (Å²) < 4.78 is 5.60. The molecule has 4 nitrogen and oxygen atoms in total. The van der Waals surface area contributed by atoms with Gasteiger partial charge >= 0.3 is 0 Å². The summed E-state index contributed by atoms with van der Waals surface area (Å²) in [5.74, 6) is 1.64. The van der Waals surface area contributed by atoms with Crippen molar-refractivity contribution >= 4 is 17.6 Å². The van der Waals surface area contributed by atoms with Crippen LogP contribution >= 0.6 is 11.6 Å². The van der Waals surface area contributed by atoms with E-state index in [0.29, 0.717) is 6.54 Å². The first kappa shape index (κ1) is 16.1. The molecule has 0 saturated heterocycles. The molecule has 0 aromatic heterocycles. The Balaban J connectivity index is 1.57. The zero-order valence-electron chi connectivity index (χ0n) is 12.6. The van der Waals surface area contributed by atoms with Crippen molar-refractivity contribution in [2.75, 3.05) is 26.8 Å². The minimum absolute atomic E-state index is 0.707. The zero-order chi connectivity index (χ0) is 14.9. The summed E-state index contributed by atoms with van der Waals surface area (Å²) >= 11 is 5.97. The summed E-state index contributed by atoms with van der Waals surface area (Å²) in [4.78, 5) is 4.20. The number of nitrogens with one attached hydrogen (secondary N) is 2. The topological polar surface area (TPSA) is 45.7 Å². The van der Waals surface area contributed by atoms with E-state index in [1.54, 1.807) is 7.05 Å². The maximum atomic E-state index is 5.97. The number of ether oxygens (including phenoxy) is 1. The van der Waals surface area contributed by atoms with E-state index in [9.17, 15) is 0 Å². The smallest absolute Gasteiger partial charge is 0.191 e. The maximum Gasteiger partial charge on any atom is 0.191 e. The highest BCUT2D eigenvalue weighted by molar-refractivity contribution is 6.30. The van der Waals surface area contributed by atoms with Gasteiger partial charge in [0.2, 0.25) is 0 Å². The van der Waals surface area contributed by atoms with Crippen LogP contribution in [0.25, 0.3) is 0 Å². The third kappa shape index (κ3) is 6.82. The van der Waals surface area contributed by atoms with Gasteiger partial charge in [0.1, 0.15) is 0 Å². The Morgan fingerprint density at radius 3 is 2.95 bits per heavy atom. The highest BCUT2D eigenvalue weighted by Gasteiger charge is 2.20. The number of halogens is 1. The van der Waals surface area contributed by atoms with E-state index < -0.39 is 0 Å². The van der Waals surface area contributed by atoms with Crippen molar-refractivity contribution in [1.82, 2.24) is 10.6 Å². The average molecular weight is 310 g/mol. The van der Waals surface area contributed by atoms with Crippen LogP contribution in [-0.2, 0) is 11.3 Å². The second-order valence-corrected chi connectivity index (χ2v) is 5.79. The second-order valence-electron chi connectivity index (χ2n) is 5.35. The van der Waals surface area contributed by atoms with Crippen LogP contribution in [0.5, 0.6) is 0 Å². The molecule has 0 radical (unpaired) electrons. The fourth-order valence-electron chi connectivity index (χ4n) is 1.97. The molecule has 0 spiro atoms. The summed E-state index contributed by atoms with van der Waals surface area (Å²) in [7, 11) is 1.77. The Bertz CT molecular complexity index is 461. The summed E-state index contributed by atoms with van der Waals surface area (Å²) in [6.45, 7) is 3.31. The molecular weight excluding hydrogens is 286 g/mol. The van der Waals surface area contributed by atoms with Crippen molar-refractivity contribution in [2.24, 2.45) is 10.9 Å². The Morgan fingerprint density at radius 2 is 2.24 bits per heavy atom. The van der Waals surface area contributed by atoms with Gasteiger partial charge in [-0.05, 0) is 42.9 Å². The average Bonchev–Trinajstić information content (AvgIpc) is 3.30. The third-order valence-electron chi connectivity index (χ3n) is 3.38. The van der Waals surface area contributed by atoms with Crippen LogP contribution in [0, 0.1) is 5.92 Å². The molecular formula is C16H24ClN3O. The summed E-state index contributed by atoms with van der Waals surface area (Å²) in [6.07, 6.45) is 3.68. The lowest BCUT2D eigenvalue weighted by Crippen LogP contribution is -2.37. The van der Waals surface area contributed by atoms with Crippen molar-refractivity contribution in [2.45, 2.75) is 25.8 Å². The molecule has 1 aromatic rings. The first-order valence-corrected chi connectivity index (χ1v) is 7.92. The van der Waals surface area contributed by atoms with E-state index >= 15 is 0 Å². The molecule has 116 valence electrons. The number of hydrogen-bond acceptors (Lipinski definition) is 2. The molecule has 5 heteroatoms. The fourth-order valence-corrected chi connectivity index (χ4v) is 2.18. The van der Waals surface area contributed by atoms with Crippen LogP contribution in [0.15, 0.2) is 29.3 Å². The Labute approximate surface area is 131 Å². The molecule has 1 fully saturated rings. The van der Waals surface area contributed by atoms with Gasteiger partial charge in [0.15, 0.2) is 5.96 Å². The molecule has 2 N–H and O–H groups in total. The summed E-state index contributed by atoms with van der Waals surface area (Å²) in [6, 6.07) is 7.82. The quantitative estimate of drug-likeness (QED) is 0.441. The Hall–Kier alpha value is -1.26. The second kappa shape index (κ2) is 8.90. The monoisotopic (exact) mass is 309 g/mol. The van der Waals surface area contributed by atoms with E-state index in [2.05, 4.69) is 15.6 Å². The van der Waals surface area contributed by atoms with Crippen molar-refractivity contribution in [3.05, 3.63) is 34.9 Å². The molecule has 0 bridgehead atoms. The van der Waals surface area contributed by atoms with Gasteiger partial charge in [0.05, 0.1) is 0 Å². The molecule has 0 aliphatic heterocycles. The van der Waals surface area contributed by atoms with Gasteiger partial charge in [-0.15, -0.1) is 0 Å². The normalized spacial score (nSPS) is 15.0. The van der Waals surface area contributed by atoms with E-state index in [4.69, 9.17) is 16.3 Å². The number of guanidine groups is 1. The lowest BCUT2D eigenvalue weighted by Gasteiger charge is -2.12. The molecule has 0 atom stereocenters. The largest absolute Gasteiger partial charge is 0.381 e. The Morgan fingerprint density at radius 1 is 1.38 bits per heavy atom. The van der Waals surface area contributed by atoms with E-state index in [-0.39, 0.29) is 0 Å². The van der Waals surface area contributed by atoms with Gasteiger partial charge in [-0.1, -0.05) is 23.7 Å². The van der Waals surface area contributed by atoms with Gasteiger partial charge in [-0.2, -0.15) is 0 Å². The van der Waals surface area contributed by atoms with Crippen LogP contribution < -0.4 is 10.6 Å². The SMILES string of the molecule is CN=C(NCCCOCC1CC1)NCc1cccc(Cl)c1. The van der Waals surface area contributed by atoms with Crippen molar-refractivity contribution < 1.29 is 4.74 Å². The van der Waals surface area contributed by atoms with Crippen LogP contribution in [0.3, 0.4) is 0 Å². The number of aliphatic imine (C=N–C) groups is 1. The van der Waals surface area contributed by atoms with Crippen LogP contribution in [0.4, 0.5) is 0 Å². The minimum Gasteiger partial charge on any atom is -0.381 e. The fraction of sp³-hybridized carbons (Fsp3) is 0.562. The minimum atomic E-state index is 0.707. The van der Waals surface area contributed by atoms with Crippen molar-refractivity contribution in [1.29, 1.82) is 0 Å².